The molecule has 2 fully saturated rings. The summed E-state index contributed by atoms with van der Waals surface area (Å²) in [6, 6.07) is 0.770. The molecule has 1 heteroatoms. The highest BCUT2D eigenvalue weighted by Gasteiger charge is 2.36. The Hall–Kier alpha value is -0.0400. The van der Waals surface area contributed by atoms with Crippen LogP contribution in [0.2, 0.25) is 0 Å². The predicted octanol–water partition coefficient (Wildman–Crippen LogP) is 4.13. The Balaban J connectivity index is 1.82. The fraction of sp³-hybridized carbons (Fsp3) is 1.00. The van der Waals surface area contributed by atoms with Gasteiger partial charge in [-0.15, -0.1) is 0 Å². The minimum absolute atomic E-state index is 0.533. The Kier molecular flexibility index (Phi) is 3.63. The number of hydrogen-bond acceptors (Lipinski definition) is 1. The van der Waals surface area contributed by atoms with Crippen LogP contribution < -0.4 is 5.32 Å². The molecule has 0 aliphatic heterocycles. The zero-order chi connectivity index (χ0) is 11.6. The van der Waals surface area contributed by atoms with E-state index in [1.54, 1.807) is 0 Å². The quantitative estimate of drug-likeness (QED) is 0.758. The minimum Gasteiger partial charge on any atom is -0.313 e. The van der Waals surface area contributed by atoms with E-state index in [0.717, 1.165) is 6.04 Å². The van der Waals surface area contributed by atoms with Gasteiger partial charge in [-0.2, -0.15) is 0 Å². The summed E-state index contributed by atoms with van der Waals surface area (Å²) in [5.41, 5.74) is 1.13. The van der Waals surface area contributed by atoms with E-state index in [0.29, 0.717) is 10.8 Å². The molecule has 1 nitrogen and oxygen atoms in total. The van der Waals surface area contributed by atoms with Gasteiger partial charge in [-0.3, -0.25) is 0 Å². The van der Waals surface area contributed by atoms with E-state index >= 15 is 0 Å². The highest BCUT2D eigenvalue weighted by molar-refractivity contribution is 4.92. The summed E-state index contributed by atoms with van der Waals surface area (Å²) in [5, 5.41) is 3.88. The molecule has 0 aromatic rings. The van der Waals surface area contributed by atoms with Crippen LogP contribution in [0.15, 0.2) is 0 Å². The van der Waals surface area contributed by atoms with Crippen LogP contribution in [0.25, 0.3) is 0 Å². The maximum Gasteiger partial charge on any atom is 0.0118 e. The molecule has 2 aliphatic rings. The lowest BCUT2D eigenvalue weighted by Crippen LogP contribution is -2.43. The third-order valence-corrected chi connectivity index (χ3v) is 5.09. The van der Waals surface area contributed by atoms with Crippen molar-refractivity contribution in [1.29, 1.82) is 0 Å². The molecular weight excluding hydrogens is 194 g/mol. The van der Waals surface area contributed by atoms with E-state index in [2.05, 4.69) is 26.1 Å². The zero-order valence-electron chi connectivity index (χ0n) is 11.4. The van der Waals surface area contributed by atoms with Gasteiger partial charge in [-0.05, 0) is 36.5 Å². The smallest absolute Gasteiger partial charge is 0.0118 e. The fourth-order valence-corrected chi connectivity index (χ4v) is 3.66. The van der Waals surface area contributed by atoms with Gasteiger partial charge < -0.3 is 5.32 Å². The van der Waals surface area contributed by atoms with Gasteiger partial charge in [0, 0.05) is 12.6 Å². The first-order valence-corrected chi connectivity index (χ1v) is 7.25. The second kappa shape index (κ2) is 4.68. The summed E-state index contributed by atoms with van der Waals surface area (Å²) >= 11 is 0. The molecule has 1 unspecified atom stereocenters. The molecule has 0 radical (unpaired) electrons. The van der Waals surface area contributed by atoms with E-state index in [-0.39, 0.29) is 0 Å². The topological polar surface area (TPSA) is 12.0 Å². The number of hydrogen-bond donors (Lipinski definition) is 1. The van der Waals surface area contributed by atoms with Crippen molar-refractivity contribution in [2.75, 3.05) is 6.54 Å². The van der Waals surface area contributed by atoms with Crippen LogP contribution >= 0.6 is 0 Å². The average molecular weight is 223 g/mol. The molecule has 0 spiro atoms. The van der Waals surface area contributed by atoms with Gasteiger partial charge >= 0.3 is 0 Å². The summed E-state index contributed by atoms with van der Waals surface area (Å²) < 4.78 is 0. The molecule has 1 N–H and O–H groups in total. The molecule has 2 aliphatic carbocycles. The Morgan fingerprint density at radius 1 is 0.938 bits per heavy atom. The number of rotatable bonds is 3. The summed E-state index contributed by atoms with van der Waals surface area (Å²) in [6.45, 7) is 8.60. The van der Waals surface area contributed by atoms with Crippen LogP contribution in [-0.2, 0) is 0 Å². The van der Waals surface area contributed by atoms with E-state index < -0.39 is 0 Å². The minimum atomic E-state index is 0.533. The Morgan fingerprint density at radius 2 is 1.62 bits per heavy atom. The monoisotopic (exact) mass is 223 g/mol. The summed E-state index contributed by atoms with van der Waals surface area (Å²) in [4.78, 5) is 0. The van der Waals surface area contributed by atoms with Crippen molar-refractivity contribution in [3.63, 3.8) is 0 Å². The van der Waals surface area contributed by atoms with Crippen molar-refractivity contribution < 1.29 is 0 Å². The van der Waals surface area contributed by atoms with Crippen LogP contribution in [0, 0.1) is 10.8 Å². The van der Waals surface area contributed by atoms with Crippen molar-refractivity contribution in [3.05, 3.63) is 0 Å². The van der Waals surface area contributed by atoms with Crippen molar-refractivity contribution in [2.45, 2.75) is 78.2 Å². The van der Waals surface area contributed by atoms with E-state index in [1.165, 1.54) is 57.9 Å². The average Bonchev–Trinajstić information content (AvgIpc) is 2.56. The Bertz CT molecular complexity index is 226. The van der Waals surface area contributed by atoms with Crippen molar-refractivity contribution >= 4 is 0 Å². The van der Waals surface area contributed by atoms with Gasteiger partial charge in [0.2, 0.25) is 0 Å². The first-order valence-electron chi connectivity index (χ1n) is 7.25. The second-order valence-electron chi connectivity index (χ2n) is 7.19. The Labute approximate surface area is 101 Å². The summed E-state index contributed by atoms with van der Waals surface area (Å²) in [5.74, 6) is 0. The molecule has 0 bridgehead atoms. The molecule has 94 valence electrons. The standard InChI is InChI=1S/C15H29N/c1-14(2)9-7-8-13(14)16-12-15(3)10-5-4-6-11-15/h13,16H,4-12H2,1-3H3. The fourth-order valence-electron chi connectivity index (χ4n) is 3.66. The Morgan fingerprint density at radius 3 is 2.19 bits per heavy atom. The molecule has 0 saturated heterocycles. The third-order valence-electron chi connectivity index (χ3n) is 5.09. The molecule has 0 aromatic heterocycles. The zero-order valence-corrected chi connectivity index (χ0v) is 11.4. The van der Waals surface area contributed by atoms with E-state index in [9.17, 15) is 0 Å². The normalized spacial score (nSPS) is 32.8. The third kappa shape index (κ3) is 2.80. The summed E-state index contributed by atoms with van der Waals surface area (Å²) in [7, 11) is 0. The summed E-state index contributed by atoms with van der Waals surface area (Å²) in [6.07, 6.45) is 11.5. The maximum atomic E-state index is 3.88. The largest absolute Gasteiger partial charge is 0.313 e. The first kappa shape index (κ1) is 12.4. The van der Waals surface area contributed by atoms with Gasteiger partial charge in [0.05, 0.1) is 0 Å². The molecule has 0 amide bonds. The molecule has 2 saturated carbocycles. The van der Waals surface area contributed by atoms with Gasteiger partial charge in [-0.25, -0.2) is 0 Å². The number of nitrogens with one attached hydrogen (secondary N) is 1. The van der Waals surface area contributed by atoms with E-state index in [4.69, 9.17) is 0 Å². The lowest BCUT2D eigenvalue weighted by molar-refractivity contribution is 0.179. The predicted molar refractivity (Wildman–Crippen MR) is 70.6 cm³/mol. The molecule has 0 aromatic carbocycles. The van der Waals surface area contributed by atoms with Crippen LogP contribution in [-0.4, -0.2) is 12.6 Å². The second-order valence-corrected chi connectivity index (χ2v) is 7.19. The van der Waals surface area contributed by atoms with Crippen molar-refractivity contribution in [1.82, 2.24) is 5.32 Å². The molecule has 0 heterocycles. The van der Waals surface area contributed by atoms with Crippen LogP contribution in [0.4, 0.5) is 0 Å². The molecule has 1 atom stereocenters. The van der Waals surface area contributed by atoms with E-state index in [1.807, 2.05) is 0 Å². The highest BCUT2D eigenvalue weighted by Crippen LogP contribution is 2.39. The van der Waals surface area contributed by atoms with Crippen LogP contribution in [0.3, 0.4) is 0 Å². The molecular formula is C15H29N. The molecule has 2 rings (SSSR count). The lowest BCUT2D eigenvalue weighted by atomic mass is 9.75. The SMILES string of the molecule is CC1(CNC2CCCC2(C)C)CCCCC1. The van der Waals surface area contributed by atoms with Gasteiger partial charge in [-0.1, -0.05) is 46.5 Å². The lowest BCUT2D eigenvalue weighted by Gasteiger charge is -2.37. The first-order chi connectivity index (χ1) is 7.52. The van der Waals surface area contributed by atoms with Crippen LogP contribution in [0.5, 0.6) is 0 Å². The van der Waals surface area contributed by atoms with Gasteiger partial charge in [0.1, 0.15) is 0 Å². The van der Waals surface area contributed by atoms with Crippen molar-refractivity contribution in [3.8, 4) is 0 Å². The highest BCUT2D eigenvalue weighted by atomic mass is 14.9. The van der Waals surface area contributed by atoms with Gasteiger partial charge in [0.25, 0.3) is 0 Å². The van der Waals surface area contributed by atoms with Crippen molar-refractivity contribution in [2.24, 2.45) is 10.8 Å². The maximum absolute atomic E-state index is 3.88. The van der Waals surface area contributed by atoms with Crippen LogP contribution in [0.1, 0.15) is 72.1 Å². The molecule has 16 heavy (non-hydrogen) atoms. The van der Waals surface area contributed by atoms with Gasteiger partial charge in [0.15, 0.2) is 0 Å².